The van der Waals surface area contributed by atoms with E-state index in [1.54, 1.807) is 0 Å². The van der Waals surface area contributed by atoms with Crippen LogP contribution >= 0.6 is 11.6 Å². The summed E-state index contributed by atoms with van der Waals surface area (Å²) in [6.07, 6.45) is 4.24. The third-order valence-corrected chi connectivity index (χ3v) is 3.98. The van der Waals surface area contributed by atoms with E-state index >= 15 is 0 Å². The van der Waals surface area contributed by atoms with E-state index in [0.29, 0.717) is 5.92 Å². The lowest BCUT2D eigenvalue weighted by atomic mass is 9.83. The Labute approximate surface area is 111 Å². The minimum absolute atomic E-state index is 0.408. The molecule has 3 aliphatic heterocycles. The van der Waals surface area contributed by atoms with E-state index in [4.69, 9.17) is 11.6 Å². The molecule has 0 spiro atoms. The number of benzene rings is 1. The zero-order valence-electron chi connectivity index (χ0n) is 10.0. The number of oxime groups is 1. The lowest BCUT2D eigenvalue weighted by Gasteiger charge is -2.42. The number of nitrogens with zero attached hydrogens (tertiary/aromatic N) is 2. The van der Waals surface area contributed by atoms with Gasteiger partial charge in [-0.1, -0.05) is 28.9 Å². The number of fused-ring (bicyclic) bond motifs is 3. The molecule has 18 heavy (non-hydrogen) atoms. The second-order valence-corrected chi connectivity index (χ2v) is 5.27. The predicted molar refractivity (Wildman–Crippen MR) is 72.9 cm³/mol. The fourth-order valence-electron chi connectivity index (χ4n) is 2.82. The molecule has 1 aromatic rings. The van der Waals surface area contributed by atoms with Crippen LogP contribution < -0.4 is 0 Å². The Hall–Kier alpha value is -1.48. The quantitative estimate of drug-likeness (QED) is 0.623. The summed E-state index contributed by atoms with van der Waals surface area (Å²) in [6, 6.07) is 7.73. The van der Waals surface area contributed by atoms with Crippen molar-refractivity contribution in [2.24, 2.45) is 11.1 Å². The third kappa shape index (κ3) is 1.99. The molecular weight excluding hydrogens is 248 g/mol. The van der Waals surface area contributed by atoms with Crippen LogP contribution in [0.4, 0.5) is 0 Å². The van der Waals surface area contributed by atoms with Gasteiger partial charge in [-0.3, -0.25) is 0 Å². The zero-order chi connectivity index (χ0) is 12.5. The average molecular weight is 263 g/mol. The van der Waals surface area contributed by atoms with Gasteiger partial charge >= 0.3 is 0 Å². The van der Waals surface area contributed by atoms with Crippen LogP contribution in [0.1, 0.15) is 18.4 Å². The van der Waals surface area contributed by atoms with E-state index in [-0.39, 0.29) is 0 Å². The van der Waals surface area contributed by atoms with Crippen molar-refractivity contribution < 1.29 is 5.21 Å². The average Bonchev–Trinajstić information content (AvgIpc) is 2.40. The minimum atomic E-state index is 0.408. The highest BCUT2D eigenvalue weighted by atomic mass is 35.5. The van der Waals surface area contributed by atoms with Crippen LogP contribution in [-0.4, -0.2) is 28.9 Å². The summed E-state index contributed by atoms with van der Waals surface area (Å²) >= 11 is 5.99. The molecule has 0 atom stereocenters. The Morgan fingerprint density at radius 3 is 2.78 bits per heavy atom. The van der Waals surface area contributed by atoms with Crippen LogP contribution in [0, 0.1) is 5.92 Å². The molecule has 0 unspecified atom stereocenters. The molecule has 4 rings (SSSR count). The molecule has 0 amide bonds. The molecule has 3 nitrogen and oxygen atoms in total. The second-order valence-electron chi connectivity index (χ2n) is 4.83. The molecule has 3 saturated heterocycles. The van der Waals surface area contributed by atoms with Crippen LogP contribution in [0.25, 0.3) is 6.08 Å². The first kappa shape index (κ1) is 11.6. The number of rotatable bonds is 1. The van der Waals surface area contributed by atoms with Crippen molar-refractivity contribution in [3.8, 4) is 0 Å². The van der Waals surface area contributed by atoms with Crippen molar-refractivity contribution in [2.75, 3.05) is 13.1 Å². The first-order chi connectivity index (χ1) is 8.78. The summed E-state index contributed by atoms with van der Waals surface area (Å²) in [5, 5.41) is 13.4. The van der Waals surface area contributed by atoms with Crippen molar-refractivity contribution in [3.05, 3.63) is 40.5 Å². The van der Waals surface area contributed by atoms with Gasteiger partial charge in [-0.05, 0) is 36.6 Å². The highest BCUT2D eigenvalue weighted by molar-refractivity contribution is 6.30. The molecule has 4 heteroatoms. The zero-order valence-corrected chi connectivity index (χ0v) is 10.8. The van der Waals surface area contributed by atoms with E-state index in [1.807, 2.05) is 24.3 Å². The van der Waals surface area contributed by atoms with Gasteiger partial charge in [0.25, 0.3) is 0 Å². The Balaban J connectivity index is 1.99. The molecule has 0 saturated carbocycles. The van der Waals surface area contributed by atoms with Gasteiger partial charge in [0.05, 0.1) is 5.70 Å². The van der Waals surface area contributed by atoms with Crippen molar-refractivity contribution in [1.29, 1.82) is 0 Å². The van der Waals surface area contributed by atoms with Gasteiger partial charge < -0.3 is 10.1 Å². The van der Waals surface area contributed by atoms with Crippen molar-refractivity contribution in [1.82, 2.24) is 4.90 Å². The van der Waals surface area contributed by atoms with Gasteiger partial charge in [-0.2, -0.15) is 0 Å². The highest BCUT2D eigenvalue weighted by Gasteiger charge is 2.35. The first-order valence-corrected chi connectivity index (χ1v) is 6.60. The van der Waals surface area contributed by atoms with Gasteiger partial charge in [0, 0.05) is 24.0 Å². The summed E-state index contributed by atoms with van der Waals surface area (Å²) in [7, 11) is 0. The molecule has 94 valence electrons. The number of allylic oxidation sites excluding steroid dienone is 1. The second kappa shape index (κ2) is 4.65. The molecule has 3 aliphatic rings. The van der Waals surface area contributed by atoms with Crippen LogP contribution in [0.15, 0.2) is 35.1 Å². The Morgan fingerprint density at radius 2 is 2.11 bits per heavy atom. The lowest BCUT2D eigenvalue weighted by Crippen LogP contribution is -2.46. The standard InChI is InChI=1S/C14H15ClN2O/c15-12-3-1-2-10(8-12)9-13-14(16-18)11-4-6-17(13)7-5-11/h1-3,8-9,11,18H,4-7H2. The van der Waals surface area contributed by atoms with Crippen LogP contribution in [0.5, 0.6) is 0 Å². The van der Waals surface area contributed by atoms with Gasteiger partial charge in [0.15, 0.2) is 0 Å². The van der Waals surface area contributed by atoms with Crippen molar-refractivity contribution >= 4 is 23.4 Å². The van der Waals surface area contributed by atoms with Crippen LogP contribution in [0.3, 0.4) is 0 Å². The van der Waals surface area contributed by atoms with Crippen molar-refractivity contribution in [2.45, 2.75) is 12.8 Å². The maximum absolute atomic E-state index is 9.21. The molecular formula is C14H15ClN2O. The van der Waals surface area contributed by atoms with Gasteiger partial charge in [-0.15, -0.1) is 0 Å². The van der Waals surface area contributed by atoms with E-state index < -0.39 is 0 Å². The number of hydrogen-bond acceptors (Lipinski definition) is 3. The maximum Gasteiger partial charge on any atom is 0.106 e. The largest absolute Gasteiger partial charge is 0.411 e. The fourth-order valence-corrected chi connectivity index (χ4v) is 3.02. The van der Waals surface area contributed by atoms with E-state index in [9.17, 15) is 5.21 Å². The minimum Gasteiger partial charge on any atom is -0.411 e. The summed E-state index contributed by atoms with van der Waals surface area (Å²) in [5.74, 6) is 0.408. The summed E-state index contributed by atoms with van der Waals surface area (Å²) in [4.78, 5) is 2.29. The van der Waals surface area contributed by atoms with Gasteiger partial charge in [-0.25, -0.2) is 0 Å². The van der Waals surface area contributed by atoms with Gasteiger partial charge in [0.2, 0.25) is 0 Å². The SMILES string of the molecule is ON=C1C(=Cc2cccc(Cl)c2)N2CCC1CC2. The molecule has 0 radical (unpaired) electrons. The molecule has 2 bridgehead atoms. The Kier molecular flexibility index (Phi) is 3.00. The Morgan fingerprint density at radius 1 is 1.33 bits per heavy atom. The molecule has 3 heterocycles. The summed E-state index contributed by atoms with van der Waals surface area (Å²) < 4.78 is 0. The smallest absolute Gasteiger partial charge is 0.106 e. The lowest BCUT2D eigenvalue weighted by molar-refractivity contribution is 0.229. The predicted octanol–water partition coefficient (Wildman–Crippen LogP) is 3.24. The Bertz CT molecular complexity index is 516. The monoisotopic (exact) mass is 262 g/mol. The number of hydrogen-bond donors (Lipinski definition) is 1. The van der Waals surface area contributed by atoms with Crippen LogP contribution in [-0.2, 0) is 0 Å². The van der Waals surface area contributed by atoms with Crippen molar-refractivity contribution in [3.63, 3.8) is 0 Å². The summed E-state index contributed by atoms with van der Waals surface area (Å²) in [6.45, 7) is 2.10. The summed E-state index contributed by atoms with van der Waals surface area (Å²) in [5.41, 5.74) is 2.92. The maximum atomic E-state index is 9.21. The first-order valence-electron chi connectivity index (χ1n) is 6.22. The van der Waals surface area contributed by atoms with Gasteiger partial charge in [0.1, 0.15) is 5.71 Å². The van der Waals surface area contributed by atoms with E-state index in [1.165, 1.54) is 0 Å². The molecule has 1 aromatic carbocycles. The molecule has 3 fully saturated rings. The fraction of sp³-hybridized carbons (Fsp3) is 0.357. The topological polar surface area (TPSA) is 35.8 Å². The van der Waals surface area contributed by atoms with Crippen LogP contribution in [0.2, 0.25) is 5.02 Å². The molecule has 1 N–H and O–H groups in total. The highest BCUT2D eigenvalue weighted by Crippen LogP contribution is 2.33. The van der Waals surface area contributed by atoms with E-state index in [0.717, 1.165) is 47.9 Å². The number of piperidine rings is 3. The third-order valence-electron chi connectivity index (χ3n) is 3.74. The molecule has 0 aliphatic carbocycles. The number of halogens is 1. The normalized spacial score (nSPS) is 24.2. The van der Waals surface area contributed by atoms with E-state index in [2.05, 4.69) is 16.1 Å². The molecule has 0 aromatic heterocycles.